The molecule has 0 aliphatic heterocycles. The first kappa shape index (κ1) is 17.9. The average molecular weight is 337 g/mol. The molecule has 0 spiro atoms. The number of nitrogens with one attached hydrogen (secondary N) is 1. The van der Waals surface area contributed by atoms with Crippen molar-refractivity contribution in [2.24, 2.45) is 5.92 Å². The number of hydrogen-bond donors (Lipinski definition) is 1. The highest BCUT2D eigenvalue weighted by Crippen LogP contribution is 2.29. The van der Waals surface area contributed by atoms with Crippen molar-refractivity contribution in [2.45, 2.75) is 38.7 Å². The molecule has 2 atom stereocenters. The van der Waals surface area contributed by atoms with Crippen LogP contribution >= 0.6 is 0 Å². The maximum atomic E-state index is 13.6. The molecule has 0 heterocycles. The number of esters is 2. The van der Waals surface area contributed by atoms with Crippen LogP contribution < -0.4 is 5.32 Å². The molecule has 0 saturated heterocycles. The number of amides is 1. The number of carbonyl (C=O) groups excluding carboxylic acids is 3. The number of carbonyl (C=O) groups is 3. The molecule has 1 aliphatic rings. The third-order valence-corrected chi connectivity index (χ3v) is 3.98. The van der Waals surface area contributed by atoms with Crippen molar-refractivity contribution >= 4 is 23.5 Å². The Morgan fingerprint density at radius 1 is 1.21 bits per heavy atom. The first-order chi connectivity index (χ1) is 11.4. The molecule has 2 rings (SSSR count). The predicted octanol–water partition coefficient (Wildman–Crippen LogP) is 2.67. The minimum Gasteiger partial charge on any atom is -0.469 e. The van der Waals surface area contributed by atoms with Gasteiger partial charge in [-0.15, -0.1) is 0 Å². The molecule has 130 valence electrons. The molecule has 0 bridgehead atoms. The van der Waals surface area contributed by atoms with Gasteiger partial charge in [-0.1, -0.05) is 6.42 Å². The van der Waals surface area contributed by atoms with Crippen LogP contribution in [0.25, 0.3) is 0 Å². The summed E-state index contributed by atoms with van der Waals surface area (Å²) < 4.78 is 23.8. The molecule has 6 nitrogen and oxygen atoms in total. The van der Waals surface area contributed by atoms with E-state index in [0.29, 0.717) is 12.8 Å². The number of hydrogen-bond acceptors (Lipinski definition) is 5. The van der Waals surface area contributed by atoms with Crippen molar-refractivity contribution in [1.29, 1.82) is 0 Å². The first-order valence-corrected chi connectivity index (χ1v) is 7.78. The Hall–Kier alpha value is -2.44. The Morgan fingerprint density at radius 2 is 1.92 bits per heavy atom. The van der Waals surface area contributed by atoms with Crippen LogP contribution in [0.3, 0.4) is 0 Å². The van der Waals surface area contributed by atoms with Crippen molar-refractivity contribution < 1.29 is 28.2 Å². The molecule has 1 aromatic rings. The van der Waals surface area contributed by atoms with Gasteiger partial charge in [-0.2, -0.15) is 0 Å². The van der Waals surface area contributed by atoms with Crippen LogP contribution in [-0.2, 0) is 19.1 Å². The molecular formula is C17H20FNO5. The van der Waals surface area contributed by atoms with Crippen LogP contribution in [0.4, 0.5) is 10.1 Å². The fourth-order valence-electron chi connectivity index (χ4n) is 2.80. The van der Waals surface area contributed by atoms with Crippen LogP contribution in [0.5, 0.6) is 0 Å². The summed E-state index contributed by atoms with van der Waals surface area (Å²) in [6.07, 6.45) is 2.34. The smallest absolute Gasteiger partial charge is 0.338 e. The summed E-state index contributed by atoms with van der Waals surface area (Å²) in [5.74, 6) is -2.64. The molecule has 1 amide bonds. The third kappa shape index (κ3) is 4.31. The SMILES string of the molecule is COC(=O)[C@H]1CCCC[C@@H]1OC(=O)c1ccc(F)c(NC(C)=O)c1. The molecule has 1 aliphatic carbocycles. The van der Waals surface area contributed by atoms with E-state index >= 15 is 0 Å². The largest absolute Gasteiger partial charge is 0.469 e. The van der Waals surface area contributed by atoms with E-state index in [9.17, 15) is 18.8 Å². The third-order valence-electron chi connectivity index (χ3n) is 3.98. The van der Waals surface area contributed by atoms with Gasteiger partial charge in [-0.3, -0.25) is 9.59 Å². The van der Waals surface area contributed by atoms with Gasteiger partial charge in [0.25, 0.3) is 0 Å². The van der Waals surface area contributed by atoms with E-state index in [1.165, 1.54) is 26.2 Å². The van der Waals surface area contributed by atoms with Gasteiger partial charge < -0.3 is 14.8 Å². The molecule has 0 aromatic heterocycles. The lowest BCUT2D eigenvalue weighted by Crippen LogP contribution is -2.36. The summed E-state index contributed by atoms with van der Waals surface area (Å²) in [6, 6.07) is 3.58. The van der Waals surface area contributed by atoms with Crippen LogP contribution in [0.2, 0.25) is 0 Å². The van der Waals surface area contributed by atoms with Crippen molar-refractivity contribution in [3.8, 4) is 0 Å². The average Bonchev–Trinajstić information content (AvgIpc) is 2.56. The molecule has 7 heteroatoms. The highest BCUT2D eigenvalue weighted by molar-refractivity contribution is 5.94. The summed E-state index contributed by atoms with van der Waals surface area (Å²) in [7, 11) is 1.30. The Balaban J connectivity index is 2.13. The van der Waals surface area contributed by atoms with Gasteiger partial charge in [0.15, 0.2) is 0 Å². The second-order valence-corrected chi connectivity index (χ2v) is 5.73. The summed E-state index contributed by atoms with van der Waals surface area (Å²) in [6.45, 7) is 1.24. The monoisotopic (exact) mass is 337 g/mol. The fraction of sp³-hybridized carbons (Fsp3) is 0.471. The van der Waals surface area contributed by atoms with Gasteiger partial charge in [0.2, 0.25) is 5.91 Å². The van der Waals surface area contributed by atoms with Crippen LogP contribution in [0, 0.1) is 11.7 Å². The quantitative estimate of drug-likeness (QED) is 0.854. The lowest BCUT2D eigenvalue weighted by atomic mass is 9.86. The number of benzene rings is 1. The first-order valence-electron chi connectivity index (χ1n) is 7.78. The van der Waals surface area contributed by atoms with Crippen LogP contribution in [0.1, 0.15) is 43.0 Å². The lowest BCUT2D eigenvalue weighted by Gasteiger charge is -2.29. The highest BCUT2D eigenvalue weighted by atomic mass is 19.1. The maximum Gasteiger partial charge on any atom is 0.338 e. The van der Waals surface area contributed by atoms with Crippen LogP contribution in [0.15, 0.2) is 18.2 Å². The Morgan fingerprint density at radius 3 is 2.58 bits per heavy atom. The summed E-state index contributed by atoms with van der Waals surface area (Å²) in [5.41, 5.74) is 0.0134. The molecule has 0 radical (unpaired) electrons. The predicted molar refractivity (Wildman–Crippen MR) is 83.9 cm³/mol. The minimum atomic E-state index is -0.664. The van der Waals surface area contributed by atoms with Gasteiger partial charge >= 0.3 is 11.9 Å². The van der Waals surface area contributed by atoms with Gasteiger partial charge in [0, 0.05) is 6.92 Å². The zero-order chi connectivity index (χ0) is 17.7. The number of methoxy groups -OCH3 is 1. The van der Waals surface area contributed by atoms with Gasteiger partial charge in [0.05, 0.1) is 24.3 Å². The number of ether oxygens (including phenoxy) is 2. The second-order valence-electron chi connectivity index (χ2n) is 5.73. The van der Waals surface area contributed by atoms with E-state index in [1.807, 2.05) is 0 Å². The van der Waals surface area contributed by atoms with Crippen LogP contribution in [-0.4, -0.2) is 31.1 Å². The zero-order valence-electron chi connectivity index (χ0n) is 13.6. The fourth-order valence-corrected chi connectivity index (χ4v) is 2.80. The van der Waals surface area contributed by atoms with E-state index in [2.05, 4.69) is 5.32 Å². The molecular weight excluding hydrogens is 317 g/mol. The Bertz CT molecular complexity index is 646. The minimum absolute atomic E-state index is 0.0925. The topological polar surface area (TPSA) is 81.7 Å². The van der Waals surface area contributed by atoms with E-state index in [4.69, 9.17) is 9.47 Å². The zero-order valence-corrected chi connectivity index (χ0v) is 13.6. The molecule has 1 N–H and O–H groups in total. The second kappa shape index (κ2) is 7.90. The van der Waals surface area contributed by atoms with Crippen molar-refractivity contribution in [1.82, 2.24) is 0 Å². The number of anilines is 1. The van der Waals surface area contributed by atoms with Gasteiger partial charge in [-0.25, -0.2) is 9.18 Å². The van der Waals surface area contributed by atoms with E-state index in [1.54, 1.807) is 0 Å². The standard InChI is InChI=1S/C17H20FNO5/c1-10(20)19-14-9-11(7-8-13(14)18)16(21)24-15-6-4-3-5-12(15)17(22)23-2/h7-9,12,15H,3-6H2,1-2H3,(H,19,20)/t12-,15-/m0/s1. The van der Waals surface area contributed by atoms with E-state index in [-0.39, 0.29) is 11.3 Å². The van der Waals surface area contributed by atoms with Gasteiger partial charge in [0.1, 0.15) is 11.9 Å². The molecule has 1 saturated carbocycles. The maximum absolute atomic E-state index is 13.6. The van der Waals surface area contributed by atoms with E-state index in [0.717, 1.165) is 18.9 Å². The molecule has 1 fully saturated rings. The van der Waals surface area contributed by atoms with Crippen molar-refractivity contribution in [3.63, 3.8) is 0 Å². The van der Waals surface area contributed by atoms with E-state index < -0.39 is 35.7 Å². The summed E-state index contributed by atoms with van der Waals surface area (Å²) >= 11 is 0. The molecule has 1 aromatic carbocycles. The van der Waals surface area contributed by atoms with Crippen molar-refractivity contribution in [3.05, 3.63) is 29.6 Å². The summed E-state index contributed by atoms with van der Waals surface area (Å²) in [4.78, 5) is 35.2. The Labute approximate surface area is 139 Å². The number of halogens is 1. The Kier molecular flexibility index (Phi) is 5.89. The van der Waals surface area contributed by atoms with Gasteiger partial charge in [-0.05, 0) is 37.5 Å². The normalized spacial score (nSPS) is 20.1. The lowest BCUT2D eigenvalue weighted by molar-refractivity contribution is -0.151. The number of rotatable bonds is 4. The highest BCUT2D eigenvalue weighted by Gasteiger charge is 2.34. The van der Waals surface area contributed by atoms with Crippen molar-refractivity contribution in [2.75, 3.05) is 12.4 Å². The summed E-state index contributed by atoms with van der Waals surface area (Å²) in [5, 5.41) is 2.31. The molecule has 0 unspecified atom stereocenters. The molecule has 24 heavy (non-hydrogen) atoms.